The Morgan fingerprint density at radius 1 is 1.22 bits per heavy atom. The van der Waals surface area contributed by atoms with Gasteiger partial charge in [0.1, 0.15) is 0 Å². The van der Waals surface area contributed by atoms with Crippen molar-refractivity contribution in [2.24, 2.45) is 0 Å². The monoisotopic (exact) mass is 376 g/mol. The van der Waals surface area contributed by atoms with Crippen molar-refractivity contribution < 1.29 is 9.72 Å². The zero-order chi connectivity index (χ0) is 17.1. The van der Waals surface area contributed by atoms with E-state index in [2.05, 4.69) is 15.9 Å². The van der Waals surface area contributed by atoms with Gasteiger partial charge in [0.05, 0.1) is 9.40 Å². The fraction of sp³-hybridized carbons (Fsp3) is 0.235. The molecular weight excluding hydrogens is 360 g/mol. The molecule has 120 valence electrons. The van der Waals surface area contributed by atoms with Crippen molar-refractivity contribution in [1.29, 1.82) is 0 Å². The minimum atomic E-state index is -0.506. The van der Waals surface area contributed by atoms with Crippen LogP contribution in [0.25, 0.3) is 0 Å². The van der Waals surface area contributed by atoms with Crippen LogP contribution in [-0.2, 0) is 0 Å². The van der Waals surface area contributed by atoms with Gasteiger partial charge >= 0.3 is 0 Å². The van der Waals surface area contributed by atoms with Crippen molar-refractivity contribution in [3.63, 3.8) is 0 Å². The van der Waals surface area contributed by atoms with E-state index in [0.717, 1.165) is 16.8 Å². The maximum Gasteiger partial charge on any atom is 0.284 e. The molecule has 0 bridgehead atoms. The minimum Gasteiger partial charge on any atom is -0.308 e. The Kier molecular flexibility index (Phi) is 5.15. The standard InChI is InChI=1S/C17H17BrN2O3/c1-4-19(15-8-5-11(2)9-12(15)3)17(21)13-6-7-14(18)16(10-13)20(22)23/h5-10H,4H2,1-3H3. The molecule has 0 saturated carbocycles. The van der Waals surface area contributed by atoms with Crippen molar-refractivity contribution in [2.75, 3.05) is 11.4 Å². The summed E-state index contributed by atoms with van der Waals surface area (Å²) in [5.74, 6) is -0.255. The molecule has 2 aromatic carbocycles. The summed E-state index contributed by atoms with van der Waals surface area (Å²) in [5, 5.41) is 11.0. The van der Waals surface area contributed by atoms with E-state index in [-0.39, 0.29) is 11.6 Å². The number of aryl methyl sites for hydroxylation is 2. The molecule has 0 N–H and O–H groups in total. The average Bonchev–Trinajstić information content (AvgIpc) is 2.50. The SMILES string of the molecule is CCN(C(=O)c1ccc(Br)c([N+](=O)[O-])c1)c1ccc(C)cc1C. The Labute approximate surface area is 143 Å². The van der Waals surface area contributed by atoms with Gasteiger partial charge in [-0.1, -0.05) is 17.7 Å². The number of hydrogen-bond donors (Lipinski definition) is 0. The highest BCUT2D eigenvalue weighted by molar-refractivity contribution is 9.10. The van der Waals surface area contributed by atoms with Crippen LogP contribution in [-0.4, -0.2) is 17.4 Å². The molecule has 6 heteroatoms. The third kappa shape index (κ3) is 3.59. The van der Waals surface area contributed by atoms with Crippen LogP contribution in [0.15, 0.2) is 40.9 Å². The zero-order valence-corrected chi connectivity index (χ0v) is 14.8. The molecule has 0 radical (unpaired) electrons. The predicted molar refractivity (Wildman–Crippen MR) is 94.1 cm³/mol. The summed E-state index contributed by atoms with van der Waals surface area (Å²) in [6.45, 7) is 6.30. The van der Waals surface area contributed by atoms with Gasteiger partial charge in [-0.2, -0.15) is 0 Å². The molecule has 2 aromatic rings. The number of nitrogens with zero attached hydrogens (tertiary/aromatic N) is 2. The number of benzene rings is 2. The van der Waals surface area contributed by atoms with Gasteiger partial charge in [0.15, 0.2) is 0 Å². The molecule has 0 aromatic heterocycles. The number of halogens is 1. The molecule has 23 heavy (non-hydrogen) atoms. The van der Waals surface area contributed by atoms with E-state index in [4.69, 9.17) is 0 Å². The second-order valence-electron chi connectivity index (χ2n) is 5.26. The molecule has 1 amide bonds. The van der Waals surface area contributed by atoms with Crippen LogP contribution in [0, 0.1) is 24.0 Å². The van der Waals surface area contributed by atoms with Crippen LogP contribution in [0.1, 0.15) is 28.4 Å². The maximum absolute atomic E-state index is 12.8. The molecule has 0 aliphatic rings. The molecule has 2 rings (SSSR count). The number of carbonyl (C=O) groups is 1. The van der Waals surface area contributed by atoms with E-state index in [0.29, 0.717) is 16.6 Å². The van der Waals surface area contributed by atoms with Gasteiger partial charge < -0.3 is 4.90 Å². The van der Waals surface area contributed by atoms with Crippen LogP contribution < -0.4 is 4.90 Å². The zero-order valence-electron chi connectivity index (χ0n) is 13.2. The number of rotatable bonds is 4. The van der Waals surface area contributed by atoms with Crippen LogP contribution in [0.2, 0.25) is 0 Å². The number of nitro groups is 1. The first-order chi connectivity index (χ1) is 10.8. The second-order valence-corrected chi connectivity index (χ2v) is 6.12. The lowest BCUT2D eigenvalue weighted by Gasteiger charge is -2.23. The van der Waals surface area contributed by atoms with Gasteiger partial charge in [-0.05, 0) is 60.5 Å². The molecule has 0 fully saturated rings. The van der Waals surface area contributed by atoms with E-state index in [1.165, 1.54) is 12.1 Å². The fourth-order valence-corrected chi connectivity index (χ4v) is 2.86. The van der Waals surface area contributed by atoms with Gasteiger partial charge in [0.25, 0.3) is 11.6 Å². The average molecular weight is 377 g/mol. The Morgan fingerprint density at radius 3 is 2.48 bits per heavy atom. The largest absolute Gasteiger partial charge is 0.308 e. The van der Waals surface area contributed by atoms with Crippen molar-refractivity contribution in [3.8, 4) is 0 Å². The van der Waals surface area contributed by atoms with Crippen LogP contribution in [0.3, 0.4) is 0 Å². The molecule has 0 aliphatic carbocycles. The number of amides is 1. The summed E-state index contributed by atoms with van der Waals surface area (Å²) in [6, 6.07) is 10.3. The quantitative estimate of drug-likeness (QED) is 0.576. The fourth-order valence-electron chi connectivity index (χ4n) is 2.47. The summed E-state index contributed by atoms with van der Waals surface area (Å²) < 4.78 is 0.355. The van der Waals surface area contributed by atoms with Gasteiger partial charge in [0, 0.05) is 23.9 Å². The predicted octanol–water partition coefficient (Wildman–Crippen LogP) is 4.64. The second kappa shape index (κ2) is 6.91. The summed E-state index contributed by atoms with van der Waals surface area (Å²) in [6.07, 6.45) is 0. The number of carbonyl (C=O) groups excluding carboxylic acids is 1. The van der Waals surface area contributed by atoms with Crippen molar-refractivity contribution >= 4 is 33.2 Å². The Bertz CT molecular complexity index is 774. The summed E-state index contributed by atoms with van der Waals surface area (Å²) in [7, 11) is 0. The summed E-state index contributed by atoms with van der Waals surface area (Å²) >= 11 is 3.13. The molecular formula is C17H17BrN2O3. The Hall–Kier alpha value is -2.21. The lowest BCUT2D eigenvalue weighted by Crippen LogP contribution is -2.31. The topological polar surface area (TPSA) is 63.5 Å². The molecule has 0 unspecified atom stereocenters. The molecule has 0 spiro atoms. The van der Waals surface area contributed by atoms with E-state index in [9.17, 15) is 14.9 Å². The number of hydrogen-bond acceptors (Lipinski definition) is 3. The highest BCUT2D eigenvalue weighted by atomic mass is 79.9. The lowest BCUT2D eigenvalue weighted by molar-refractivity contribution is -0.385. The van der Waals surface area contributed by atoms with Gasteiger partial charge in [0.2, 0.25) is 0 Å². The van der Waals surface area contributed by atoms with E-state index in [1.807, 2.05) is 39.0 Å². The molecule has 0 atom stereocenters. The first-order valence-electron chi connectivity index (χ1n) is 7.18. The van der Waals surface area contributed by atoms with Crippen LogP contribution >= 0.6 is 15.9 Å². The summed E-state index contributed by atoms with van der Waals surface area (Å²) in [4.78, 5) is 25.0. The summed E-state index contributed by atoms with van der Waals surface area (Å²) in [5.41, 5.74) is 3.10. The Balaban J connectivity index is 2.44. The highest BCUT2D eigenvalue weighted by Gasteiger charge is 2.21. The third-order valence-corrected chi connectivity index (χ3v) is 4.26. The van der Waals surface area contributed by atoms with Crippen LogP contribution in [0.4, 0.5) is 11.4 Å². The molecule has 0 saturated heterocycles. The van der Waals surface area contributed by atoms with E-state index < -0.39 is 4.92 Å². The van der Waals surface area contributed by atoms with Crippen LogP contribution in [0.5, 0.6) is 0 Å². The first-order valence-corrected chi connectivity index (χ1v) is 7.97. The van der Waals surface area contributed by atoms with Crippen molar-refractivity contribution in [3.05, 3.63) is 67.7 Å². The molecule has 0 aliphatic heterocycles. The minimum absolute atomic E-state index is 0.118. The normalized spacial score (nSPS) is 10.4. The smallest absolute Gasteiger partial charge is 0.284 e. The Morgan fingerprint density at radius 2 is 1.91 bits per heavy atom. The van der Waals surface area contributed by atoms with Crippen molar-refractivity contribution in [2.45, 2.75) is 20.8 Å². The van der Waals surface area contributed by atoms with Gasteiger partial charge in [-0.15, -0.1) is 0 Å². The van der Waals surface area contributed by atoms with Gasteiger partial charge in [-0.25, -0.2) is 0 Å². The van der Waals surface area contributed by atoms with Crippen molar-refractivity contribution in [1.82, 2.24) is 0 Å². The third-order valence-electron chi connectivity index (χ3n) is 3.59. The molecule has 0 heterocycles. The maximum atomic E-state index is 12.8. The van der Waals surface area contributed by atoms with E-state index in [1.54, 1.807) is 11.0 Å². The number of nitro benzene ring substituents is 1. The van der Waals surface area contributed by atoms with Gasteiger partial charge in [-0.3, -0.25) is 14.9 Å². The number of anilines is 1. The lowest BCUT2D eigenvalue weighted by atomic mass is 10.1. The molecule has 5 nitrogen and oxygen atoms in total. The highest BCUT2D eigenvalue weighted by Crippen LogP contribution is 2.28. The first kappa shape index (κ1) is 17.1. The van der Waals surface area contributed by atoms with E-state index >= 15 is 0 Å².